The summed E-state index contributed by atoms with van der Waals surface area (Å²) in [5.41, 5.74) is 3.39. The molecular weight excluding hydrogens is 304 g/mol. The van der Waals surface area contributed by atoms with E-state index in [4.69, 9.17) is 0 Å². The van der Waals surface area contributed by atoms with Crippen molar-refractivity contribution in [3.63, 3.8) is 0 Å². The summed E-state index contributed by atoms with van der Waals surface area (Å²) in [5, 5.41) is 3.48. The summed E-state index contributed by atoms with van der Waals surface area (Å²) in [4.78, 5) is 31.7. The lowest BCUT2D eigenvalue weighted by molar-refractivity contribution is 0.0756. The normalized spacial score (nSPS) is 17.1. The Morgan fingerprint density at radius 1 is 1.12 bits per heavy atom. The summed E-state index contributed by atoms with van der Waals surface area (Å²) >= 11 is 0. The van der Waals surface area contributed by atoms with Crippen LogP contribution in [0.5, 0.6) is 0 Å². The van der Waals surface area contributed by atoms with Crippen molar-refractivity contribution in [2.24, 2.45) is 0 Å². The second-order valence-electron chi connectivity index (χ2n) is 6.40. The van der Waals surface area contributed by atoms with Gasteiger partial charge in [0.2, 0.25) is 0 Å². The highest BCUT2D eigenvalue weighted by Crippen LogP contribution is 2.27. The first-order valence-electron chi connectivity index (χ1n) is 8.38. The van der Waals surface area contributed by atoms with Gasteiger partial charge in [0.15, 0.2) is 0 Å². The summed E-state index contributed by atoms with van der Waals surface area (Å²) in [5.74, 6) is 0.867. The van der Waals surface area contributed by atoms with Crippen LogP contribution in [0.1, 0.15) is 40.3 Å². The number of aromatic nitrogens is 4. The lowest BCUT2D eigenvalue weighted by atomic mass is 10.1. The van der Waals surface area contributed by atoms with Crippen LogP contribution in [0.3, 0.4) is 0 Å². The first-order valence-corrected chi connectivity index (χ1v) is 8.38. The summed E-state index contributed by atoms with van der Waals surface area (Å²) < 4.78 is 0. The Hall–Kier alpha value is -2.57. The van der Waals surface area contributed by atoms with Crippen molar-refractivity contribution in [3.05, 3.63) is 41.4 Å². The van der Waals surface area contributed by atoms with Crippen molar-refractivity contribution in [1.29, 1.82) is 0 Å². The molecule has 24 heavy (non-hydrogen) atoms. The highest BCUT2D eigenvalue weighted by Gasteiger charge is 2.26. The second-order valence-corrected chi connectivity index (χ2v) is 6.40. The van der Waals surface area contributed by atoms with Crippen LogP contribution in [0.25, 0.3) is 0 Å². The second kappa shape index (κ2) is 6.14. The molecule has 3 heterocycles. The van der Waals surface area contributed by atoms with E-state index in [0.717, 1.165) is 35.6 Å². The summed E-state index contributed by atoms with van der Waals surface area (Å²) in [6.45, 7) is 3.15. The predicted molar refractivity (Wildman–Crippen MR) is 88.8 cm³/mol. The highest BCUT2D eigenvalue weighted by atomic mass is 16.2. The van der Waals surface area contributed by atoms with Gasteiger partial charge in [-0.25, -0.2) is 15.0 Å². The Labute approximate surface area is 140 Å². The Kier molecular flexibility index (Phi) is 3.84. The molecule has 2 aliphatic rings. The van der Waals surface area contributed by atoms with Gasteiger partial charge in [-0.2, -0.15) is 0 Å². The van der Waals surface area contributed by atoms with E-state index in [1.807, 2.05) is 11.8 Å². The topological polar surface area (TPSA) is 83.9 Å². The van der Waals surface area contributed by atoms with E-state index in [0.29, 0.717) is 24.8 Å². The first kappa shape index (κ1) is 15.0. The maximum Gasteiger partial charge on any atom is 0.274 e. The molecule has 1 fully saturated rings. The number of amides is 1. The molecular formula is C17H20N6O. The molecule has 124 valence electrons. The molecule has 7 nitrogen and oxygen atoms in total. The van der Waals surface area contributed by atoms with E-state index in [-0.39, 0.29) is 5.91 Å². The quantitative estimate of drug-likeness (QED) is 0.918. The predicted octanol–water partition coefficient (Wildman–Crippen LogP) is 1.39. The molecule has 0 atom stereocenters. The molecule has 1 aliphatic carbocycles. The molecule has 1 N–H and O–H groups in total. The zero-order chi connectivity index (χ0) is 16.5. The molecule has 1 amide bonds. The maximum atomic E-state index is 12.7. The Balaban J connectivity index is 1.52. The molecule has 0 spiro atoms. The van der Waals surface area contributed by atoms with Gasteiger partial charge in [0.1, 0.15) is 17.8 Å². The lowest BCUT2D eigenvalue weighted by Crippen LogP contribution is -2.34. The van der Waals surface area contributed by atoms with E-state index in [1.165, 1.54) is 12.8 Å². The lowest BCUT2D eigenvalue weighted by Gasteiger charge is -2.19. The number of nitrogens with one attached hydrogen (secondary N) is 1. The number of carbonyl (C=O) groups is 1. The fraction of sp³-hybridized carbons (Fsp3) is 0.471. The average Bonchev–Trinajstić information content (AvgIpc) is 3.41. The zero-order valence-electron chi connectivity index (χ0n) is 13.7. The van der Waals surface area contributed by atoms with Crippen LogP contribution in [0, 0.1) is 6.92 Å². The van der Waals surface area contributed by atoms with Crippen molar-refractivity contribution < 1.29 is 4.79 Å². The van der Waals surface area contributed by atoms with Crippen LogP contribution < -0.4 is 5.32 Å². The number of nitrogens with zero attached hydrogens (tertiary/aromatic N) is 5. The van der Waals surface area contributed by atoms with Crippen LogP contribution >= 0.6 is 0 Å². The van der Waals surface area contributed by atoms with Crippen LogP contribution in [0.4, 0.5) is 5.82 Å². The van der Waals surface area contributed by atoms with Crippen molar-refractivity contribution in [2.75, 3.05) is 18.4 Å². The van der Waals surface area contributed by atoms with Crippen LogP contribution in [-0.4, -0.2) is 49.9 Å². The molecule has 4 rings (SSSR count). The van der Waals surface area contributed by atoms with Gasteiger partial charge in [0.05, 0.1) is 17.6 Å². The number of aryl methyl sites for hydroxylation is 1. The fourth-order valence-electron chi connectivity index (χ4n) is 2.94. The third-order valence-electron chi connectivity index (χ3n) is 4.49. The van der Waals surface area contributed by atoms with Crippen LogP contribution in [0.2, 0.25) is 0 Å². The smallest absolute Gasteiger partial charge is 0.274 e. The highest BCUT2D eigenvalue weighted by molar-refractivity contribution is 5.92. The van der Waals surface area contributed by atoms with Crippen LogP contribution in [0.15, 0.2) is 18.7 Å². The third kappa shape index (κ3) is 3.06. The Morgan fingerprint density at radius 3 is 2.71 bits per heavy atom. The SMILES string of the molecule is Cc1cnc(C(=O)N2CCc3ncnc(NC4CC4)c3CC2)cn1. The van der Waals surface area contributed by atoms with Gasteiger partial charge in [-0.3, -0.25) is 9.78 Å². The van der Waals surface area contributed by atoms with Gasteiger partial charge < -0.3 is 10.2 Å². The summed E-state index contributed by atoms with van der Waals surface area (Å²) in [7, 11) is 0. The molecule has 0 aromatic carbocycles. The molecule has 1 aliphatic heterocycles. The number of hydrogen-bond donors (Lipinski definition) is 1. The molecule has 0 bridgehead atoms. The van der Waals surface area contributed by atoms with Gasteiger partial charge in [0, 0.05) is 37.3 Å². The Bertz CT molecular complexity index is 756. The summed E-state index contributed by atoms with van der Waals surface area (Å²) in [6.07, 6.45) is 8.70. The van der Waals surface area contributed by atoms with Crippen LogP contribution in [-0.2, 0) is 12.8 Å². The number of hydrogen-bond acceptors (Lipinski definition) is 6. The molecule has 7 heteroatoms. The average molecular weight is 324 g/mol. The minimum absolute atomic E-state index is 0.0695. The zero-order valence-corrected chi connectivity index (χ0v) is 13.7. The van der Waals surface area contributed by atoms with E-state index in [2.05, 4.69) is 25.3 Å². The van der Waals surface area contributed by atoms with Gasteiger partial charge in [-0.05, 0) is 26.2 Å². The fourth-order valence-corrected chi connectivity index (χ4v) is 2.94. The van der Waals surface area contributed by atoms with Gasteiger partial charge >= 0.3 is 0 Å². The largest absolute Gasteiger partial charge is 0.367 e. The molecule has 0 radical (unpaired) electrons. The summed E-state index contributed by atoms with van der Waals surface area (Å²) in [6, 6.07) is 0.549. The monoisotopic (exact) mass is 324 g/mol. The number of rotatable bonds is 3. The van der Waals surface area contributed by atoms with Crippen molar-refractivity contribution in [2.45, 2.75) is 38.6 Å². The van der Waals surface area contributed by atoms with E-state index >= 15 is 0 Å². The van der Waals surface area contributed by atoms with Crippen molar-refractivity contribution >= 4 is 11.7 Å². The maximum absolute atomic E-state index is 12.7. The number of fused-ring (bicyclic) bond motifs is 1. The minimum atomic E-state index is -0.0695. The third-order valence-corrected chi connectivity index (χ3v) is 4.49. The Morgan fingerprint density at radius 2 is 1.96 bits per heavy atom. The number of carbonyl (C=O) groups excluding carboxylic acids is 1. The van der Waals surface area contributed by atoms with Crippen molar-refractivity contribution in [1.82, 2.24) is 24.8 Å². The molecule has 0 unspecified atom stereocenters. The first-order chi connectivity index (χ1) is 11.7. The van der Waals surface area contributed by atoms with Gasteiger partial charge in [0.25, 0.3) is 5.91 Å². The molecule has 1 saturated carbocycles. The molecule has 0 saturated heterocycles. The number of anilines is 1. The minimum Gasteiger partial charge on any atom is -0.367 e. The van der Waals surface area contributed by atoms with E-state index in [9.17, 15) is 4.79 Å². The molecule has 2 aromatic rings. The van der Waals surface area contributed by atoms with E-state index < -0.39 is 0 Å². The van der Waals surface area contributed by atoms with Crippen molar-refractivity contribution in [3.8, 4) is 0 Å². The van der Waals surface area contributed by atoms with Gasteiger partial charge in [-0.1, -0.05) is 0 Å². The van der Waals surface area contributed by atoms with Gasteiger partial charge in [-0.15, -0.1) is 0 Å². The standard InChI is InChI=1S/C17H20N6O/c1-11-8-19-15(9-18-11)17(24)23-6-4-13-14(5-7-23)20-10-21-16(13)22-12-2-3-12/h8-10,12H,2-7H2,1H3,(H,20,21,22). The van der Waals surface area contributed by atoms with E-state index in [1.54, 1.807) is 18.7 Å². The molecule has 2 aromatic heterocycles.